The summed E-state index contributed by atoms with van der Waals surface area (Å²) in [5.74, 6) is 0.980. The molecule has 112 valence electrons. The van der Waals surface area contributed by atoms with Crippen LogP contribution in [0.5, 0.6) is 0 Å². The average Bonchev–Trinajstić information content (AvgIpc) is 3.13. The maximum absolute atomic E-state index is 5.45. The summed E-state index contributed by atoms with van der Waals surface area (Å²) < 4.78 is 2.80. The second-order valence-corrected chi connectivity index (χ2v) is 7.03. The molecule has 5 heteroatoms. The SMILES string of the molecule is S=c1[nH]nc(-c2csc3c2CCCC3)n1Cc1ccccc1. The lowest BCUT2D eigenvalue weighted by Gasteiger charge is -2.13. The van der Waals surface area contributed by atoms with Gasteiger partial charge in [-0.2, -0.15) is 5.10 Å². The molecule has 0 amide bonds. The summed E-state index contributed by atoms with van der Waals surface area (Å²) in [6.45, 7) is 0.760. The number of benzene rings is 1. The fourth-order valence-electron chi connectivity index (χ4n) is 3.12. The smallest absolute Gasteiger partial charge is 0.195 e. The third kappa shape index (κ3) is 2.44. The highest BCUT2D eigenvalue weighted by Gasteiger charge is 2.20. The van der Waals surface area contributed by atoms with Gasteiger partial charge in [-0.25, -0.2) is 0 Å². The highest BCUT2D eigenvalue weighted by atomic mass is 32.1. The predicted molar refractivity (Wildman–Crippen MR) is 92.9 cm³/mol. The number of nitrogens with one attached hydrogen (secondary N) is 1. The Bertz CT molecular complexity index is 842. The Kier molecular flexibility index (Phi) is 3.68. The normalized spacial score (nSPS) is 14.0. The highest BCUT2D eigenvalue weighted by molar-refractivity contribution is 7.71. The molecule has 0 radical (unpaired) electrons. The predicted octanol–water partition coefficient (Wildman–Crippen LogP) is 4.60. The van der Waals surface area contributed by atoms with Gasteiger partial charge in [0.1, 0.15) is 0 Å². The topological polar surface area (TPSA) is 33.6 Å². The summed E-state index contributed by atoms with van der Waals surface area (Å²) in [4.78, 5) is 1.53. The molecule has 2 heterocycles. The average molecular weight is 327 g/mol. The van der Waals surface area contributed by atoms with Crippen molar-refractivity contribution >= 4 is 23.6 Å². The number of thiophene rings is 1. The first-order chi connectivity index (χ1) is 10.8. The molecule has 0 fully saturated rings. The first kappa shape index (κ1) is 13.9. The highest BCUT2D eigenvalue weighted by Crippen LogP contribution is 2.35. The molecule has 1 aliphatic rings. The molecule has 3 aromatic rings. The number of hydrogen-bond donors (Lipinski definition) is 1. The lowest BCUT2D eigenvalue weighted by molar-refractivity contribution is 0.696. The second kappa shape index (κ2) is 5.82. The second-order valence-electron chi connectivity index (χ2n) is 5.68. The number of H-pyrrole nitrogens is 1. The van der Waals surface area contributed by atoms with Crippen LogP contribution in [0.15, 0.2) is 35.7 Å². The van der Waals surface area contributed by atoms with E-state index in [4.69, 9.17) is 12.2 Å². The first-order valence-electron chi connectivity index (χ1n) is 7.61. The van der Waals surface area contributed by atoms with E-state index in [9.17, 15) is 0 Å². The molecule has 1 aliphatic carbocycles. The van der Waals surface area contributed by atoms with Crippen molar-refractivity contribution in [3.63, 3.8) is 0 Å². The molecule has 0 spiro atoms. The lowest BCUT2D eigenvalue weighted by Crippen LogP contribution is -2.05. The molecule has 0 bridgehead atoms. The zero-order valence-corrected chi connectivity index (χ0v) is 13.8. The van der Waals surface area contributed by atoms with Crippen molar-refractivity contribution in [3.8, 4) is 11.4 Å². The van der Waals surface area contributed by atoms with Gasteiger partial charge in [-0.15, -0.1) is 11.3 Å². The van der Waals surface area contributed by atoms with E-state index in [2.05, 4.69) is 44.4 Å². The van der Waals surface area contributed by atoms with E-state index in [1.807, 2.05) is 17.4 Å². The van der Waals surface area contributed by atoms with Gasteiger partial charge >= 0.3 is 0 Å². The minimum atomic E-state index is 0.689. The molecule has 1 N–H and O–H groups in total. The van der Waals surface area contributed by atoms with Gasteiger partial charge in [-0.3, -0.25) is 9.67 Å². The van der Waals surface area contributed by atoms with Crippen LogP contribution in [0.2, 0.25) is 0 Å². The quantitative estimate of drug-likeness (QED) is 0.714. The first-order valence-corrected chi connectivity index (χ1v) is 8.90. The number of rotatable bonds is 3. The number of aromatic amines is 1. The van der Waals surface area contributed by atoms with E-state index in [1.54, 1.807) is 0 Å². The van der Waals surface area contributed by atoms with Crippen LogP contribution in [0.25, 0.3) is 11.4 Å². The Balaban J connectivity index is 1.77. The summed E-state index contributed by atoms with van der Waals surface area (Å²) >= 11 is 7.32. The van der Waals surface area contributed by atoms with Crippen LogP contribution in [0, 0.1) is 4.77 Å². The van der Waals surface area contributed by atoms with Gasteiger partial charge in [-0.1, -0.05) is 30.3 Å². The summed E-state index contributed by atoms with van der Waals surface area (Å²) in [6.07, 6.45) is 4.97. The number of aryl methyl sites for hydroxylation is 1. The van der Waals surface area contributed by atoms with Crippen molar-refractivity contribution in [1.82, 2.24) is 14.8 Å². The van der Waals surface area contributed by atoms with Crippen LogP contribution in [-0.4, -0.2) is 14.8 Å². The molecular formula is C17H17N3S2. The van der Waals surface area contributed by atoms with Crippen LogP contribution >= 0.6 is 23.6 Å². The summed E-state index contributed by atoms with van der Waals surface area (Å²) in [5.41, 5.74) is 3.99. The summed E-state index contributed by atoms with van der Waals surface area (Å²) in [5, 5.41) is 9.74. The minimum absolute atomic E-state index is 0.689. The fourth-order valence-corrected chi connectivity index (χ4v) is 4.44. The van der Waals surface area contributed by atoms with Gasteiger partial charge in [0.15, 0.2) is 10.6 Å². The van der Waals surface area contributed by atoms with Crippen LogP contribution in [-0.2, 0) is 19.4 Å². The fraction of sp³-hybridized carbons (Fsp3) is 0.294. The standard InChI is InChI=1S/C17H17N3S2/c21-17-19-18-16(20(17)10-12-6-2-1-3-7-12)14-11-22-15-9-5-4-8-13(14)15/h1-3,6-7,11H,4-5,8-10H2,(H,19,21). The molecular weight excluding hydrogens is 310 g/mol. The van der Waals surface area contributed by atoms with Crippen molar-refractivity contribution in [1.29, 1.82) is 0 Å². The molecule has 3 nitrogen and oxygen atoms in total. The van der Waals surface area contributed by atoms with Crippen molar-refractivity contribution < 1.29 is 0 Å². The molecule has 0 atom stereocenters. The largest absolute Gasteiger partial charge is 0.296 e. The van der Waals surface area contributed by atoms with Crippen LogP contribution in [0.3, 0.4) is 0 Å². The van der Waals surface area contributed by atoms with Gasteiger partial charge in [0.25, 0.3) is 0 Å². The number of fused-ring (bicyclic) bond motifs is 1. The van der Waals surface area contributed by atoms with Crippen LogP contribution in [0.4, 0.5) is 0 Å². The van der Waals surface area contributed by atoms with E-state index in [0.29, 0.717) is 4.77 Å². The van der Waals surface area contributed by atoms with E-state index < -0.39 is 0 Å². The van der Waals surface area contributed by atoms with Gasteiger partial charge in [-0.05, 0) is 49.0 Å². The van der Waals surface area contributed by atoms with Crippen molar-refractivity contribution in [2.75, 3.05) is 0 Å². The molecule has 0 saturated heterocycles. The van der Waals surface area contributed by atoms with Crippen molar-refractivity contribution in [3.05, 3.63) is 56.5 Å². The molecule has 22 heavy (non-hydrogen) atoms. The minimum Gasteiger partial charge on any atom is -0.296 e. The third-order valence-corrected chi connectivity index (χ3v) is 5.64. The van der Waals surface area contributed by atoms with Crippen LogP contribution < -0.4 is 0 Å². The monoisotopic (exact) mass is 327 g/mol. The Morgan fingerprint density at radius 2 is 2.00 bits per heavy atom. The van der Waals surface area contributed by atoms with Gasteiger partial charge in [0, 0.05) is 15.8 Å². The van der Waals surface area contributed by atoms with Gasteiger partial charge in [0.05, 0.1) is 6.54 Å². The Labute approximate surface area is 138 Å². The lowest BCUT2D eigenvalue weighted by atomic mass is 9.95. The maximum atomic E-state index is 5.45. The third-order valence-electron chi connectivity index (χ3n) is 4.24. The Hall–Kier alpha value is -1.72. The molecule has 1 aromatic carbocycles. The number of hydrogen-bond acceptors (Lipinski definition) is 3. The van der Waals surface area contributed by atoms with Crippen molar-refractivity contribution in [2.24, 2.45) is 0 Å². The Morgan fingerprint density at radius 3 is 2.86 bits per heavy atom. The number of aromatic nitrogens is 3. The van der Waals surface area contributed by atoms with E-state index >= 15 is 0 Å². The van der Waals surface area contributed by atoms with Crippen LogP contribution in [0.1, 0.15) is 28.8 Å². The van der Waals surface area contributed by atoms with Gasteiger partial charge < -0.3 is 0 Å². The van der Waals surface area contributed by atoms with E-state index in [-0.39, 0.29) is 0 Å². The van der Waals surface area contributed by atoms with Crippen molar-refractivity contribution in [2.45, 2.75) is 32.2 Å². The van der Waals surface area contributed by atoms with Gasteiger partial charge in [0.2, 0.25) is 0 Å². The zero-order valence-electron chi connectivity index (χ0n) is 12.2. The van der Waals surface area contributed by atoms with E-state index in [1.165, 1.54) is 47.3 Å². The summed E-state index contributed by atoms with van der Waals surface area (Å²) in [6, 6.07) is 10.4. The maximum Gasteiger partial charge on any atom is 0.195 e. The molecule has 2 aromatic heterocycles. The number of nitrogens with zero attached hydrogens (tertiary/aromatic N) is 2. The van der Waals surface area contributed by atoms with E-state index in [0.717, 1.165) is 12.4 Å². The molecule has 4 rings (SSSR count). The zero-order chi connectivity index (χ0) is 14.9. The Morgan fingerprint density at radius 1 is 1.18 bits per heavy atom. The molecule has 0 aliphatic heterocycles. The molecule has 0 saturated carbocycles. The summed E-state index contributed by atoms with van der Waals surface area (Å²) in [7, 11) is 0. The molecule has 0 unspecified atom stereocenters.